The molecule has 0 aromatic carbocycles. The minimum atomic E-state index is 0.0732. The van der Waals surface area contributed by atoms with Gasteiger partial charge in [-0.15, -0.1) is 0 Å². The average molecular weight is 258 g/mol. The van der Waals surface area contributed by atoms with Gasteiger partial charge in [0.1, 0.15) is 0 Å². The van der Waals surface area contributed by atoms with E-state index in [1.807, 2.05) is 0 Å². The Hall–Kier alpha value is -0.120. The summed E-state index contributed by atoms with van der Waals surface area (Å²) in [6.07, 6.45) is 10.8. The minimum Gasteiger partial charge on any atom is -0.381 e. The number of rotatable bonds is 11. The van der Waals surface area contributed by atoms with Crippen molar-refractivity contribution < 1.29 is 14.2 Å². The van der Waals surface area contributed by atoms with Crippen molar-refractivity contribution in [2.24, 2.45) is 0 Å². The Morgan fingerprint density at radius 2 is 1.72 bits per heavy atom. The van der Waals surface area contributed by atoms with E-state index in [0.717, 1.165) is 45.7 Å². The molecule has 0 aliphatic carbocycles. The molecule has 1 atom stereocenters. The predicted octanol–water partition coefficient (Wildman–Crippen LogP) is 3.91. The van der Waals surface area contributed by atoms with E-state index in [9.17, 15) is 0 Å². The predicted molar refractivity (Wildman–Crippen MR) is 73.7 cm³/mol. The Kier molecular flexibility index (Phi) is 10.6. The number of unbranched alkanes of at least 4 members (excludes halogenated alkanes) is 4. The molecule has 0 aromatic rings. The molecular weight excluding hydrogens is 228 g/mol. The highest BCUT2D eigenvalue weighted by molar-refractivity contribution is 4.54. The lowest BCUT2D eigenvalue weighted by atomic mass is 10.2. The lowest BCUT2D eigenvalue weighted by Gasteiger charge is -2.22. The van der Waals surface area contributed by atoms with E-state index in [2.05, 4.69) is 6.92 Å². The molecule has 0 spiro atoms. The summed E-state index contributed by atoms with van der Waals surface area (Å²) in [5.74, 6) is 0. The van der Waals surface area contributed by atoms with Crippen LogP contribution in [0.4, 0.5) is 0 Å². The standard InChI is InChI=1S/C15H30O3/c1-2-3-6-11-16-12-7-4-8-13-17-15-10-5-9-14-18-15/h15H,2-14H2,1H3. The first kappa shape index (κ1) is 15.9. The van der Waals surface area contributed by atoms with Crippen molar-refractivity contribution in [3.05, 3.63) is 0 Å². The minimum absolute atomic E-state index is 0.0732. The molecule has 1 unspecified atom stereocenters. The summed E-state index contributed by atoms with van der Waals surface area (Å²) < 4.78 is 16.8. The van der Waals surface area contributed by atoms with Crippen molar-refractivity contribution >= 4 is 0 Å². The smallest absolute Gasteiger partial charge is 0.157 e. The maximum atomic E-state index is 5.68. The maximum Gasteiger partial charge on any atom is 0.157 e. The number of hydrogen-bond donors (Lipinski definition) is 0. The van der Waals surface area contributed by atoms with Crippen LogP contribution in [0.25, 0.3) is 0 Å². The second kappa shape index (κ2) is 11.9. The topological polar surface area (TPSA) is 27.7 Å². The first-order chi connectivity index (χ1) is 8.93. The quantitative estimate of drug-likeness (QED) is 0.526. The summed E-state index contributed by atoms with van der Waals surface area (Å²) >= 11 is 0. The summed E-state index contributed by atoms with van der Waals surface area (Å²) in [7, 11) is 0. The third-order valence-corrected chi connectivity index (χ3v) is 3.27. The van der Waals surface area contributed by atoms with E-state index in [1.54, 1.807) is 0 Å². The van der Waals surface area contributed by atoms with E-state index in [4.69, 9.17) is 14.2 Å². The third kappa shape index (κ3) is 8.90. The number of hydrogen-bond acceptors (Lipinski definition) is 3. The van der Waals surface area contributed by atoms with Crippen LogP contribution in [0.15, 0.2) is 0 Å². The normalized spacial score (nSPS) is 20.2. The molecule has 1 rings (SSSR count). The van der Waals surface area contributed by atoms with Gasteiger partial charge in [-0.1, -0.05) is 19.8 Å². The highest BCUT2D eigenvalue weighted by Crippen LogP contribution is 2.14. The summed E-state index contributed by atoms with van der Waals surface area (Å²) in [5.41, 5.74) is 0. The molecule has 0 radical (unpaired) electrons. The van der Waals surface area contributed by atoms with Gasteiger partial charge in [0.2, 0.25) is 0 Å². The first-order valence-electron chi connectivity index (χ1n) is 7.74. The number of ether oxygens (including phenoxy) is 3. The van der Waals surface area contributed by atoms with Crippen molar-refractivity contribution in [3.63, 3.8) is 0 Å². The van der Waals surface area contributed by atoms with Crippen molar-refractivity contribution in [1.82, 2.24) is 0 Å². The fourth-order valence-electron chi connectivity index (χ4n) is 2.10. The summed E-state index contributed by atoms with van der Waals surface area (Å²) in [6.45, 7) is 5.76. The monoisotopic (exact) mass is 258 g/mol. The Balaban J connectivity index is 1.73. The van der Waals surface area contributed by atoms with Gasteiger partial charge in [-0.05, 0) is 44.9 Å². The molecule has 0 amide bonds. The van der Waals surface area contributed by atoms with E-state index in [0.29, 0.717) is 0 Å². The van der Waals surface area contributed by atoms with E-state index >= 15 is 0 Å². The van der Waals surface area contributed by atoms with Gasteiger partial charge in [0, 0.05) is 26.4 Å². The molecule has 108 valence electrons. The highest BCUT2D eigenvalue weighted by Gasteiger charge is 2.13. The van der Waals surface area contributed by atoms with Gasteiger partial charge in [-0.2, -0.15) is 0 Å². The maximum absolute atomic E-state index is 5.68. The fraction of sp³-hybridized carbons (Fsp3) is 1.00. The fourth-order valence-corrected chi connectivity index (χ4v) is 2.10. The van der Waals surface area contributed by atoms with Crippen LogP contribution >= 0.6 is 0 Å². The molecule has 0 N–H and O–H groups in total. The van der Waals surface area contributed by atoms with E-state index in [1.165, 1.54) is 38.5 Å². The average Bonchev–Trinajstić information content (AvgIpc) is 2.42. The molecule has 0 bridgehead atoms. The molecular formula is C15H30O3. The van der Waals surface area contributed by atoms with E-state index < -0.39 is 0 Å². The third-order valence-electron chi connectivity index (χ3n) is 3.27. The Bertz CT molecular complexity index is 167. The Morgan fingerprint density at radius 3 is 2.44 bits per heavy atom. The zero-order chi connectivity index (χ0) is 12.9. The van der Waals surface area contributed by atoms with Gasteiger partial charge in [-0.25, -0.2) is 0 Å². The molecule has 1 heterocycles. The first-order valence-corrected chi connectivity index (χ1v) is 7.74. The summed E-state index contributed by atoms with van der Waals surface area (Å²) in [6, 6.07) is 0. The van der Waals surface area contributed by atoms with Gasteiger partial charge in [0.15, 0.2) is 6.29 Å². The largest absolute Gasteiger partial charge is 0.381 e. The van der Waals surface area contributed by atoms with Gasteiger partial charge in [0.05, 0.1) is 0 Å². The molecule has 1 aliphatic rings. The van der Waals surface area contributed by atoms with Crippen LogP contribution in [0.5, 0.6) is 0 Å². The van der Waals surface area contributed by atoms with Crippen LogP contribution in [0, 0.1) is 0 Å². The van der Waals surface area contributed by atoms with Crippen LogP contribution in [-0.2, 0) is 14.2 Å². The lowest BCUT2D eigenvalue weighted by molar-refractivity contribution is -0.162. The van der Waals surface area contributed by atoms with Crippen LogP contribution in [0.1, 0.15) is 64.7 Å². The second-order valence-corrected chi connectivity index (χ2v) is 5.05. The lowest BCUT2D eigenvalue weighted by Crippen LogP contribution is -2.22. The summed E-state index contributed by atoms with van der Waals surface area (Å²) in [4.78, 5) is 0. The highest BCUT2D eigenvalue weighted by atomic mass is 16.7. The van der Waals surface area contributed by atoms with Crippen molar-refractivity contribution in [3.8, 4) is 0 Å². The van der Waals surface area contributed by atoms with E-state index in [-0.39, 0.29) is 6.29 Å². The van der Waals surface area contributed by atoms with Gasteiger partial charge >= 0.3 is 0 Å². The van der Waals surface area contributed by atoms with Crippen molar-refractivity contribution in [1.29, 1.82) is 0 Å². The van der Waals surface area contributed by atoms with Crippen LogP contribution < -0.4 is 0 Å². The van der Waals surface area contributed by atoms with Gasteiger partial charge in [0.25, 0.3) is 0 Å². The zero-order valence-electron chi connectivity index (χ0n) is 12.0. The molecule has 0 saturated carbocycles. The summed E-state index contributed by atoms with van der Waals surface area (Å²) in [5, 5.41) is 0. The SMILES string of the molecule is CCCCCOCCCCCOC1CCCCO1. The zero-order valence-corrected chi connectivity index (χ0v) is 12.0. The second-order valence-electron chi connectivity index (χ2n) is 5.05. The molecule has 3 heteroatoms. The van der Waals surface area contributed by atoms with Crippen LogP contribution in [0.2, 0.25) is 0 Å². The van der Waals surface area contributed by atoms with Crippen LogP contribution in [0.3, 0.4) is 0 Å². The van der Waals surface area contributed by atoms with Crippen molar-refractivity contribution in [2.45, 2.75) is 71.0 Å². The molecule has 1 aliphatic heterocycles. The van der Waals surface area contributed by atoms with Crippen LogP contribution in [-0.4, -0.2) is 32.7 Å². The Morgan fingerprint density at radius 1 is 0.944 bits per heavy atom. The molecule has 1 fully saturated rings. The van der Waals surface area contributed by atoms with Gasteiger partial charge < -0.3 is 14.2 Å². The van der Waals surface area contributed by atoms with Crippen molar-refractivity contribution in [2.75, 3.05) is 26.4 Å². The molecule has 18 heavy (non-hydrogen) atoms. The Labute approximate surface area is 112 Å². The molecule has 3 nitrogen and oxygen atoms in total. The van der Waals surface area contributed by atoms with Gasteiger partial charge in [-0.3, -0.25) is 0 Å². The molecule has 1 saturated heterocycles. The molecule has 0 aromatic heterocycles.